The summed E-state index contributed by atoms with van der Waals surface area (Å²) in [6.45, 7) is 3.36. The van der Waals surface area contributed by atoms with Gasteiger partial charge in [0.25, 0.3) is 0 Å². The SMILES string of the molecule is C[Si]1(C)OB(O)c2cc(F)c(C=O)c(F)c21. The number of carbonyl (C=O) groups excluding carboxylic acids is 1. The average molecular weight is 242 g/mol. The van der Waals surface area contributed by atoms with E-state index >= 15 is 0 Å². The van der Waals surface area contributed by atoms with Crippen LogP contribution in [0.25, 0.3) is 0 Å². The molecule has 0 saturated heterocycles. The number of rotatable bonds is 1. The molecule has 1 aromatic rings. The van der Waals surface area contributed by atoms with Gasteiger partial charge < -0.3 is 9.37 Å². The summed E-state index contributed by atoms with van der Waals surface area (Å²) in [6, 6.07) is 0.967. The second-order valence-corrected chi connectivity index (χ2v) is 7.90. The first-order valence-corrected chi connectivity index (χ1v) is 7.62. The Kier molecular flexibility index (Phi) is 2.48. The highest BCUT2D eigenvalue weighted by molar-refractivity contribution is 6.97. The first-order chi connectivity index (χ1) is 7.38. The number of hydrogen-bond acceptors (Lipinski definition) is 3. The van der Waals surface area contributed by atoms with Crippen molar-refractivity contribution in [2.45, 2.75) is 13.1 Å². The molecule has 0 unspecified atom stereocenters. The average Bonchev–Trinajstić information content (AvgIpc) is 2.37. The standard InChI is InChI=1S/C9H9BF2O3Si/c1-16(2)9-6(10(14)15-16)3-7(11)5(4-13)8(9)12/h3-4,14H,1-2H3. The number of hydrogen-bond donors (Lipinski definition) is 1. The van der Waals surface area contributed by atoms with Crippen LogP contribution in [0.3, 0.4) is 0 Å². The summed E-state index contributed by atoms with van der Waals surface area (Å²) in [5.74, 6) is -1.88. The Hall–Kier alpha value is -1.05. The summed E-state index contributed by atoms with van der Waals surface area (Å²) in [7, 11) is -3.89. The number of benzene rings is 1. The van der Waals surface area contributed by atoms with Crippen LogP contribution in [0, 0.1) is 11.6 Å². The highest BCUT2D eigenvalue weighted by atomic mass is 28.4. The van der Waals surface area contributed by atoms with Crippen LogP contribution in [-0.2, 0) is 4.34 Å². The van der Waals surface area contributed by atoms with Crippen molar-refractivity contribution in [3.05, 3.63) is 23.3 Å². The molecule has 0 bridgehead atoms. The van der Waals surface area contributed by atoms with E-state index in [-0.39, 0.29) is 16.9 Å². The predicted molar refractivity (Wildman–Crippen MR) is 57.6 cm³/mol. The van der Waals surface area contributed by atoms with Crippen LogP contribution in [0.5, 0.6) is 0 Å². The Morgan fingerprint density at radius 1 is 1.50 bits per heavy atom. The second kappa shape index (κ2) is 3.48. The van der Waals surface area contributed by atoms with Gasteiger partial charge in [-0.05, 0) is 24.6 Å². The fraction of sp³-hybridized carbons (Fsp3) is 0.222. The minimum absolute atomic E-state index is 0.0947. The third kappa shape index (κ3) is 1.43. The van der Waals surface area contributed by atoms with Crippen LogP contribution < -0.4 is 10.6 Å². The molecule has 0 aromatic heterocycles. The molecular weight excluding hydrogens is 233 g/mol. The van der Waals surface area contributed by atoms with Crippen LogP contribution in [0.15, 0.2) is 6.07 Å². The van der Waals surface area contributed by atoms with Crippen molar-refractivity contribution in [2.75, 3.05) is 0 Å². The molecule has 1 aliphatic heterocycles. The van der Waals surface area contributed by atoms with Crippen LogP contribution in [0.4, 0.5) is 8.78 Å². The summed E-state index contributed by atoms with van der Waals surface area (Å²) < 4.78 is 32.4. The van der Waals surface area contributed by atoms with Gasteiger partial charge in [0.15, 0.2) is 6.29 Å². The molecule has 0 radical (unpaired) electrons. The summed E-state index contributed by atoms with van der Waals surface area (Å²) in [6.07, 6.45) is 0.139. The first kappa shape index (κ1) is 11.4. The number of carbonyl (C=O) groups is 1. The number of fused-ring (bicyclic) bond motifs is 1. The van der Waals surface area contributed by atoms with Gasteiger partial charge in [0.05, 0.1) is 5.56 Å². The van der Waals surface area contributed by atoms with E-state index in [9.17, 15) is 18.6 Å². The van der Waals surface area contributed by atoms with Crippen LogP contribution in [-0.4, -0.2) is 26.7 Å². The first-order valence-electron chi connectivity index (χ1n) is 4.72. The van der Waals surface area contributed by atoms with Crippen LogP contribution in [0.2, 0.25) is 13.1 Å². The fourth-order valence-corrected chi connectivity index (χ4v) is 4.33. The molecule has 0 aliphatic carbocycles. The Morgan fingerprint density at radius 2 is 2.12 bits per heavy atom. The summed E-state index contributed by atoms with van der Waals surface area (Å²) in [5, 5.41) is 9.69. The molecule has 0 atom stereocenters. The van der Waals surface area contributed by atoms with Gasteiger partial charge in [-0.1, -0.05) is 0 Å². The molecule has 0 spiro atoms. The van der Waals surface area contributed by atoms with E-state index < -0.39 is 32.6 Å². The third-order valence-corrected chi connectivity index (χ3v) is 5.20. The van der Waals surface area contributed by atoms with Crippen molar-refractivity contribution >= 4 is 32.4 Å². The van der Waals surface area contributed by atoms with E-state index in [0.29, 0.717) is 0 Å². The van der Waals surface area contributed by atoms with E-state index in [1.54, 1.807) is 13.1 Å². The largest absolute Gasteiger partial charge is 0.480 e. The molecule has 1 N–H and O–H groups in total. The molecule has 16 heavy (non-hydrogen) atoms. The molecule has 2 rings (SSSR count). The molecular formula is C9H9BF2O3Si. The van der Waals surface area contributed by atoms with Gasteiger partial charge in [-0.2, -0.15) is 0 Å². The Morgan fingerprint density at radius 3 is 2.69 bits per heavy atom. The molecule has 0 saturated carbocycles. The van der Waals surface area contributed by atoms with Gasteiger partial charge in [0.1, 0.15) is 11.6 Å². The summed E-state index contributed by atoms with van der Waals surface area (Å²) in [4.78, 5) is 10.6. The van der Waals surface area contributed by atoms with Gasteiger partial charge >= 0.3 is 7.12 Å². The maximum Gasteiger partial charge on any atom is 0.480 e. The molecule has 3 nitrogen and oxygen atoms in total. The van der Waals surface area contributed by atoms with Crippen molar-refractivity contribution in [3.63, 3.8) is 0 Å². The van der Waals surface area contributed by atoms with Crippen molar-refractivity contribution in [1.82, 2.24) is 0 Å². The topological polar surface area (TPSA) is 46.5 Å². The van der Waals surface area contributed by atoms with E-state index in [1.807, 2.05) is 0 Å². The quantitative estimate of drug-likeness (QED) is 0.553. The van der Waals surface area contributed by atoms with Crippen molar-refractivity contribution in [1.29, 1.82) is 0 Å². The lowest BCUT2D eigenvalue weighted by atomic mass is 9.80. The zero-order valence-electron chi connectivity index (χ0n) is 8.75. The second-order valence-electron chi connectivity index (χ2n) is 4.15. The molecule has 1 aliphatic rings. The third-order valence-electron chi connectivity index (χ3n) is 2.68. The smallest absolute Gasteiger partial charge is 0.446 e. The number of halogens is 2. The minimum Gasteiger partial charge on any atom is -0.446 e. The minimum atomic E-state index is -2.59. The van der Waals surface area contributed by atoms with E-state index in [0.717, 1.165) is 6.07 Å². The Balaban J connectivity index is 2.78. The molecule has 0 amide bonds. The van der Waals surface area contributed by atoms with Gasteiger partial charge in [0, 0.05) is 5.19 Å². The van der Waals surface area contributed by atoms with E-state index in [2.05, 4.69) is 0 Å². The maximum atomic E-state index is 13.9. The molecule has 84 valence electrons. The molecule has 7 heteroatoms. The highest BCUT2D eigenvalue weighted by Gasteiger charge is 2.46. The zero-order valence-corrected chi connectivity index (χ0v) is 9.75. The lowest BCUT2D eigenvalue weighted by Gasteiger charge is -2.17. The van der Waals surface area contributed by atoms with Gasteiger partial charge in [0.2, 0.25) is 8.32 Å². The van der Waals surface area contributed by atoms with Crippen LogP contribution in [0.1, 0.15) is 10.4 Å². The van der Waals surface area contributed by atoms with Gasteiger partial charge in [-0.25, -0.2) is 8.78 Å². The lowest BCUT2D eigenvalue weighted by molar-refractivity contribution is 0.111. The van der Waals surface area contributed by atoms with Crippen molar-refractivity contribution in [3.8, 4) is 0 Å². The van der Waals surface area contributed by atoms with Crippen molar-refractivity contribution < 1.29 is 22.9 Å². The Labute approximate surface area is 92.3 Å². The summed E-state index contributed by atoms with van der Waals surface area (Å²) >= 11 is 0. The molecule has 1 heterocycles. The lowest BCUT2D eigenvalue weighted by Crippen LogP contribution is -2.46. The predicted octanol–water partition coefficient (Wildman–Crippen LogP) is -0.0929. The zero-order chi connectivity index (χ0) is 12.1. The normalized spacial score (nSPS) is 17.4. The molecule has 0 fully saturated rings. The fourth-order valence-electron chi connectivity index (χ4n) is 1.97. The molecule has 1 aromatic carbocycles. The van der Waals surface area contributed by atoms with Crippen LogP contribution >= 0.6 is 0 Å². The van der Waals surface area contributed by atoms with E-state index in [1.165, 1.54) is 0 Å². The summed E-state index contributed by atoms with van der Waals surface area (Å²) in [5.41, 5.74) is -0.505. The number of aldehydes is 1. The van der Waals surface area contributed by atoms with Crippen molar-refractivity contribution in [2.24, 2.45) is 0 Å². The monoisotopic (exact) mass is 242 g/mol. The van der Waals surface area contributed by atoms with E-state index in [4.69, 9.17) is 4.34 Å². The Bertz CT molecular complexity index is 478. The maximum absolute atomic E-state index is 13.9. The highest BCUT2D eigenvalue weighted by Crippen LogP contribution is 2.18. The van der Waals surface area contributed by atoms with Gasteiger partial charge in [-0.3, -0.25) is 4.79 Å². The van der Waals surface area contributed by atoms with Gasteiger partial charge in [-0.15, -0.1) is 0 Å².